The maximum atomic E-state index is 12.1. The van der Waals surface area contributed by atoms with Gasteiger partial charge in [-0.15, -0.1) is 0 Å². The molecule has 0 fully saturated rings. The Bertz CT molecular complexity index is 704. The maximum Gasteiger partial charge on any atom is 0.299 e. The number of carbonyl (C=O) groups excluding carboxylic acids is 2. The van der Waals surface area contributed by atoms with Gasteiger partial charge >= 0.3 is 0 Å². The van der Waals surface area contributed by atoms with E-state index in [1.807, 2.05) is 13.0 Å². The largest absolute Gasteiger partial charge is 0.508 e. The van der Waals surface area contributed by atoms with Crippen molar-refractivity contribution in [2.24, 2.45) is 0 Å². The average molecular weight is 267 g/mol. The van der Waals surface area contributed by atoms with Crippen molar-refractivity contribution >= 4 is 17.4 Å². The SMILES string of the molecule is Cc1ccc2c(c1)C(=O)C(=O)N2Cc1ccc(O)cc1. The Morgan fingerprint density at radius 2 is 1.75 bits per heavy atom. The highest BCUT2D eigenvalue weighted by atomic mass is 16.3. The minimum atomic E-state index is -0.501. The van der Waals surface area contributed by atoms with Gasteiger partial charge in [-0.05, 0) is 36.8 Å². The average Bonchev–Trinajstić information content (AvgIpc) is 2.66. The highest BCUT2D eigenvalue weighted by Crippen LogP contribution is 2.31. The zero-order chi connectivity index (χ0) is 14.3. The van der Waals surface area contributed by atoms with Crippen molar-refractivity contribution in [1.82, 2.24) is 0 Å². The first-order valence-corrected chi connectivity index (χ1v) is 6.31. The van der Waals surface area contributed by atoms with Gasteiger partial charge in [0, 0.05) is 0 Å². The van der Waals surface area contributed by atoms with Gasteiger partial charge in [-0.25, -0.2) is 0 Å². The summed E-state index contributed by atoms with van der Waals surface area (Å²) in [5.41, 5.74) is 2.93. The van der Waals surface area contributed by atoms with Crippen LogP contribution in [0.4, 0.5) is 5.69 Å². The second kappa shape index (κ2) is 4.49. The van der Waals surface area contributed by atoms with Gasteiger partial charge < -0.3 is 10.0 Å². The van der Waals surface area contributed by atoms with Crippen LogP contribution in [0.1, 0.15) is 21.5 Å². The number of benzene rings is 2. The van der Waals surface area contributed by atoms with Crippen molar-refractivity contribution < 1.29 is 14.7 Å². The Labute approximate surface area is 116 Å². The lowest BCUT2D eigenvalue weighted by molar-refractivity contribution is -0.114. The number of phenols is 1. The van der Waals surface area contributed by atoms with E-state index < -0.39 is 11.7 Å². The Balaban J connectivity index is 1.97. The summed E-state index contributed by atoms with van der Waals surface area (Å²) >= 11 is 0. The van der Waals surface area contributed by atoms with Crippen LogP contribution in [0.25, 0.3) is 0 Å². The van der Waals surface area contributed by atoms with Crippen LogP contribution in [0, 0.1) is 6.92 Å². The molecule has 0 unspecified atom stereocenters. The van der Waals surface area contributed by atoms with Crippen molar-refractivity contribution in [2.75, 3.05) is 4.90 Å². The summed E-state index contributed by atoms with van der Waals surface area (Å²) < 4.78 is 0. The molecule has 1 aliphatic rings. The molecule has 1 amide bonds. The first kappa shape index (κ1) is 12.4. The van der Waals surface area contributed by atoms with Gasteiger partial charge in [0.1, 0.15) is 5.75 Å². The van der Waals surface area contributed by atoms with Crippen LogP contribution in [-0.2, 0) is 11.3 Å². The molecule has 1 heterocycles. The molecule has 0 spiro atoms. The van der Waals surface area contributed by atoms with E-state index in [-0.39, 0.29) is 5.75 Å². The van der Waals surface area contributed by atoms with E-state index in [0.717, 1.165) is 11.1 Å². The Morgan fingerprint density at radius 1 is 1.05 bits per heavy atom. The van der Waals surface area contributed by atoms with Gasteiger partial charge in [-0.2, -0.15) is 0 Å². The Morgan fingerprint density at radius 3 is 2.45 bits per heavy atom. The highest BCUT2D eigenvalue weighted by molar-refractivity contribution is 6.52. The topological polar surface area (TPSA) is 57.6 Å². The molecule has 0 aliphatic carbocycles. The molecule has 0 saturated carbocycles. The molecular formula is C16H13NO3. The lowest BCUT2D eigenvalue weighted by Crippen LogP contribution is -2.29. The van der Waals surface area contributed by atoms with Crippen molar-refractivity contribution in [3.8, 4) is 5.75 Å². The minimum Gasteiger partial charge on any atom is -0.508 e. The molecule has 1 N–H and O–H groups in total. The Kier molecular flexibility index (Phi) is 2.79. The standard InChI is InChI=1S/C16H13NO3/c1-10-2-7-14-13(8-10)15(19)16(20)17(14)9-11-3-5-12(18)6-4-11/h2-8,18H,9H2,1H3. The number of ketones is 1. The van der Waals surface area contributed by atoms with Crippen LogP contribution in [-0.4, -0.2) is 16.8 Å². The van der Waals surface area contributed by atoms with Crippen molar-refractivity contribution in [3.63, 3.8) is 0 Å². The number of hydrogen-bond acceptors (Lipinski definition) is 3. The van der Waals surface area contributed by atoms with Crippen molar-refractivity contribution in [1.29, 1.82) is 0 Å². The van der Waals surface area contributed by atoms with Crippen LogP contribution >= 0.6 is 0 Å². The smallest absolute Gasteiger partial charge is 0.299 e. The zero-order valence-corrected chi connectivity index (χ0v) is 11.0. The number of Topliss-reactive ketones (excluding diaryl/α,β-unsaturated/α-hetero) is 1. The van der Waals surface area contributed by atoms with E-state index in [2.05, 4.69) is 0 Å². The summed E-state index contributed by atoms with van der Waals surface area (Å²) in [5.74, 6) is -0.783. The third-order valence-corrected chi connectivity index (χ3v) is 3.40. The zero-order valence-electron chi connectivity index (χ0n) is 11.0. The van der Waals surface area contributed by atoms with Gasteiger partial charge in [0.2, 0.25) is 0 Å². The predicted octanol–water partition coefficient (Wildman–Crippen LogP) is 2.43. The molecule has 100 valence electrons. The van der Waals surface area contributed by atoms with Gasteiger partial charge in [-0.1, -0.05) is 23.8 Å². The number of phenolic OH excluding ortho intramolecular Hbond substituents is 1. The predicted molar refractivity (Wildman–Crippen MR) is 74.8 cm³/mol. The minimum absolute atomic E-state index is 0.175. The molecule has 0 bridgehead atoms. The van der Waals surface area contributed by atoms with E-state index in [4.69, 9.17) is 0 Å². The van der Waals surface area contributed by atoms with Crippen LogP contribution in [0.15, 0.2) is 42.5 Å². The fourth-order valence-electron chi connectivity index (χ4n) is 2.36. The summed E-state index contributed by atoms with van der Waals surface area (Å²) in [6.07, 6.45) is 0. The summed E-state index contributed by atoms with van der Waals surface area (Å²) in [4.78, 5) is 25.5. The summed E-state index contributed by atoms with van der Waals surface area (Å²) in [5, 5.41) is 9.27. The Hall–Kier alpha value is -2.62. The van der Waals surface area contributed by atoms with E-state index in [1.165, 1.54) is 4.90 Å². The monoisotopic (exact) mass is 267 g/mol. The normalized spacial score (nSPS) is 13.8. The molecule has 2 aromatic rings. The summed E-state index contributed by atoms with van der Waals surface area (Å²) in [7, 11) is 0. The fourth-order valence-corrected chi connectivity index (χ4v) is 2.36. The lowest BCUT2D eigenvalue weighted by atomic mass is 10.1. The van der Waals surface area contributed by atoms with Crippen molar-refractivity contribution in [3.05, 3.63) is 59.2 Å². The number of fused-ring (bicyclic) bond motifs is 1. The summed E-state index contributed by atoms with van der Waals surface area (Å²) in [6.45, 7) is 2.21. The van der Waals surface area contributed by atoms with Crippen LogP contribution < -0.4 is 4.90 Å². The van der Waals surface area contributed by atoms with Crippen LogP contribution in [0.3, 0.4) is 0 Å². The first-order valence-electron chi connectivity index (χ1n) is 6.31. The number of amides is 1. The second-order valence-corrected chi connectivity index (χ2v) is 4.91. The highest BCUT2D eigenvalue weighted by Gasteiger charge is 2.35. The number of carbonyl (C=O) groups is 2. The molecule has 4 heteroatoms. The molecule has 0 aromatic heterocycles. The fraction of sp³-hybridized carbons (Fsp3) is 0.125. The molecule has 0 saturated heterocycles. The summed E-state index contributed by atoms with van der Waals surface area (Å²) in [6, 6.07) is 12.0. The van der Waals surface area contributed by atoms with Gasteiger partial charge in [-0.3, -0.25) is 9.59 Å². The number of rotatable bonds is 2. The lowest BCUT2D eigenvalue weighted by Gasteiger charge is -2.16. The van der Waals surface area contributed by atoms with E-state index in [0.29, 0.717) is 17.8 Å². The van der Waals surface area contributed by atoms with E-state index in [9.17, 15) is 14.7 Å². The number of hydrogen-bond donors (Lipinski definition) is 1. The quantitative estimate of drug-likeness (QED) is 0.850. The van der Waals surface area contributed by atoms with Gasteiger partial charge in [0.15, 0.2) is 0 Å². The number of aryl methyl sites for hydroxylation is 1. The molecule has 0 radical (unpaired) electrons. The molecule has 0 atom stereocenters. The second-order valence-electron chi connectivity index (χ2n) is 4.91. The van der Waals surface area contributed by atoms with Crippen LogP contribution in [0.5, 0.6) is 5.75 Å². The number of anilines is 1. The molecule has 1 aliphatic heterocycles. The maximum absolute atomic E-state index is 12.1. The van der Waals surface area contributed by atoms with Crippen LogP contribution in [0.2, 0.25) is 0 Å². The number of nitrogens with zero attached hydrogens (tertiary/aromatic N) is 1. The van der Waals surface area contributed by atoms with Gasteiger partial charge in [0.05, 0.1) is 17.8 Å². The molecule has 2 aromatic carbocycles. The molecular weight excluding hydrogens is 254 g/mol. The third kappa shape index (κ3) is 1.95. The number of aromatic hydroxyl groups is 1. The van der Waals surface area contributed by atoms with E-state index in [1.54, 1.807) is 36.4 Å². The molecule has 20 heavy (non-hydrogen) atoms. The third-order valence-electron chi connectivity index (χ3n) is 3.40. The molecule has 3 rings (SSSR count). The molecule has 4 nitrogen and oxygen atoms in total. The van der Waals surface area contributed by atoms with Gasteiger partial charge in [0.25, 0.3) is 11.7 Å². The first-order chi connectivity index (χ1) is 9.56. The van der Waals surface area contributed by atoms with E-state index >= 15 is 0 Å². The van der Waals surface area contributed by atoms with Crippen molar-refractivity contribution in [2.45, 2.75) is 13.5 Å².